The molecule has 0 spiro atoms. The molecule has 224 valence electrons. The number of hydrogen-bond donors (Lipinski definition) is 1. The SMILES string of the molecule is C=CC(=O)N1CCN(c2nc(=O)n(-c3c(C(C)C)cncc3S(C)(=O)=O)c3nc(-c4ncccc4N)c(F)cc23)[C@@H](C)C1. The molecule has 0 saturated carbocycles. The van der Waals surface area contributed by atoms with Gasteiger partial charge in [0.05, 0.1) is 16.8 Å². The normalized spacial score (nSPS) is 15.7. The topological polar surface area (TPSA) is 157 Å². The van der Waals surface area contributed by atoms with E-state index < -0.39 is 21.3 Å². The van der Waals surface area contributed by atoms with Crippen molar-refractivity contribution in [3.8, 4) is 17.1 Å². The summed E-state index contributed by atoms with van der Waals surface area (Å²) in [6, 6.07) is 4.04. The van der Waals surface area contributed by atoms with E-state index in [1.54, 1.807) is 17.0 Å². The van der Waals surface area contributed by atoms with Gasteiger partial charge >= 0.3 is 5.69 Å². The molecule has 1 aliphatic rings. The quantitative estimate of drug-likeness (QED) is 0.324. The number of nitrogens with zero attached hydrogens (tertiary/aromatic N) is 7. The standard InChI is InChI=1S/C29H31FN8O4S/c1-6-23(39)36-10-11-37(17(4)15-36)27-18-12-20(30)24(25-21(31)8-7-9-33-25)34-28(18)38(29(40)35-27)26-19(16(2)3)13-32-14-22(26)43(5,41)42/h6-9,12-14,16-17H,1,10-11,15,31H2,2-5H3/t17-/m0/s1. The second-order valence-corrected chi connectivity index (χ2v) is 12.7. The number of nitrogens with two attached hydrogens (primary N) is 1. The van der Waals surface area contributed by atoms with E-state index in [0.29, 0.717) is 25.2 Å². The Balaban J connectivity index is 1.88. The van der Waals surface area contributed by atoms with E-state index >= 15 is 4.39 Å². The summed E-state index contributed by atoms with van der Waals surface area (Å²) in [7, 11) is -3.90. The fourth-order valence-corrected chi connectivity index (χ4v) is 6.10. The van der Waals surface area contributed by atoms with Gasteiger partial charge in [-0.05, 0) is 42.7 Å². The van der Waals surface area contributed by atoms with E-state index in [2.05, 4.69) is 26.5 Å². The average Bonchev–Trinajstić information content (AvgIpc) is 2.96. The van der Waals surface area contributed by atoms with E-state index in [9.17, 15) is 18.0 Å². The summed E-state index contributed by atoms with van der Waals surface area (Å²) in [6.45, 7) is 10.0. The monoisotopic (exact) mass is 606 g/mol. The van der Waals surface area contributed by atoms with Gasteiger partial charge in [0.2, 0.25) is 5.91 Å². The van der Waals surface area contributed by atoms with Crippen molar-refractivity contribution in [1.29, 1.82) is 0 Å². The highest BCUT2D eigenvalue weighted by atomic mass is 32.2. The first-order chi connectivity index (χ1) is 20.3. The third-order valence-electron chi connectivity index (χ3n) is 7.41. The number of carbonyl (C=O) groups is 1. The van der Waals surface area contributed by atoms with Crippen molar-refractivity contribution in [3.63, 3.8) is 0 Å². The number of hydrogen-bond acceptors (Lipinski definition) is 10. The van der Waals surface area contributed by atoms with Gasteiger partial charge in [0.1, 0.15) is 22.1 Å². The number of fused-ring (bicyclic) bond motifs is 1. The van der Waals surface area contributed by atoms with Gasteiger partial charge in [-0.1, -0.05) is 20.4 Å². The molecule has 14 heteroatoms. The van der Waals surface area contributed by atoms with Crippen molar-refractivity contribution in [1.82, 2.24) is 29.4 Å². The molecule has 1 amide bonds. The van der Waals surface area contributed by atoms with Crippen molar-refractivity contribution in [2.24, 2.45) is 0 Å². The predicted octanol–water partition coefficient (Wildman–Crippen LogP) is 2.71. The van der Waals surface area contributed by atoms with Crippen molar-refractivity contribution in [2.45, 2.75) is 37.6 Å². The highest BCUT2D eigenvalue weighted by molar-refractivity contribution is 7.90. The lowest BCUT2D eigenvalue weighted by molar-refractivity contribution is -0.126. The molecule has 0 bridgehead atoms. The van der Waals surface area contributed by atoms with Crippen LogP contribution in [0.1, 0.15) is 32.3 Å². The maximum absolute atomic E-state index is 15.9. The van der Waals surface area contributed by atoms with Gasteiger partial charge in [-0.25, -0.2) is 27.2 Å². The number of nitrogen functional groups attached to an aromatic ring is 1. The van der Waals surface area contributed by atoms with E-state index in [-0.39, 0.29) is 62.4 Å². The molecule has 0 aliphatic carbocycles. The van der Waals surface area contributed by atoms with Gasteiger partial charge in [-0.3, -0.25) is 14.8 Å². The highest BCUT2D eigenvalue weighted by Crippen LogP contribution is 2.35. The third kappa shape index (κ3) is 5.33. The van der Waals surface area contributed by atoms with Crippen molar-refractivity contribution in [3.05, 3.63) is 71.3 Å². The smallest absolute Gasteiger partial charge is 0.355 e. The minimum absolute atomic E-state index is 0.0359. The van der Waals surface area contributed by atoms with Gasteiger partial charge in [0.15, 0.2) is 21.3 Å². The zero-order valence-electron chi connectivity index (χ0n) is 24.2. The summed E-state index contributed by atoms with van der Waals surface area (Å²) in [6.07, 6.45) is 6.35. The first-order valence-corrected chi connectivity index (χ1v) is 15.4. The summed E-state index contributed by atoms with van der Waals surface area (Å²) < 4.78 is 42.9. The fourth-order valence-electron chi connectivity index (χ4n) is 5.29. The lowest BCUT2D eigenvalue weighted by Gasteiger charge is -2.40. The zero-order chi connectivity index (χ0) is 31.2. The lowest BCUT2D eigenvalue weighted by atomic mass is 10.0. The van der Waals surface area contributed by atoms with Crippen LogP contribution in [0.25, 0.3) is 28.1 Å². The fraction of sp³-hybridized carbons (Fsp3) is 0.310. The Hall–Kier alpha value is -4.72. The summed E-state index contributed by atoms with van der Waals surface area (Å²) in [4.78, 5) is 46.8. The maximum atomic E-state index is 15.9. The number of amides is 1. The second-order valence-electron chi connectivity index (χ2n) is 10.7. The Kier molecular flexibility index (Phi) is 7.73. The first-order valence-electron chi connectivity index (χ1n) is 13.5. The number of anilines is 2. The van der Waals surface area contributed by atoms with Crippen LogP contribution in [0.15, 0.2) is 59.1 Å². The number of pyridine rings is 3. The number of carbonyl (C=O) groups excluding carboxylic acids is 1. The van der Waals surface area contributed by atoms with Crippen LogP contribution in [0.2, 0.25) is 0 Å². The minimum Gasteiger partial charge on any atom is -0.397 e. The van der Waals surface area contributed by atoms with E-state index in [4.69, 9.17) is 5.73 Å². The summed E-state index contributed by atoms with van der Waals surface area (Å²) >= 11 is 0. The number of halogens is 1. The number of rotatable bonds is 6. The van der Waals surface area contributed by atoms with Crippen LogP contribution in [-0.2, 0) is 14.6 Å². The molecular weight excluding hydrogens is 575 g/mol. The molecule has 4 aromatic heterocycles. The van der Waals surface area contributed by atoms with Crippen molar-refractivity contribution < 1.29 is 17.6 Å². The van der Waals surface area contributed by atoms with Crippen LogP contribution < -0.4 is 16.3 Å². The van der Waals surface area contributed by atoms with Gasteiger partial charge in [0, 0.05) is 50.5 Å². The van der Waals surface area contributed by atoms with E-state index in [1.807, 2.05) is 25.7 Å². The number of aromatic nitrogens is 5. The van der Waals surface area contributed by atoms with Crippen LogP contribution in [-0.4, -0.2) is 75.7 Å². The molecule has 1 aliphatic heterocycles. The summed E-state index contributed by atoms with van der Waals surface area (Å²) in [5.41, 5.74) is 5.76. The predicted molar refractivity (Wildman–Crippen MR) is 161 cm³/mol. The molecule has 1 atom stereocenters. The Morgan fingerprint density at radius 1 is 1.21 bits per heavy atom. The summed E-state index contributed by atoms with van der Waals surface area (Å²) in [5.74, 6) is -1.09. The van der Waals surface area contributed by atoms with Crippen LogP contribution in [0.3, 0.4) is 0 Å². The second kappa shape index (κ2) is 11.2. The van der Waals surface area contributed by atoms with Crippen LogP contribution in [0.4, 0.5) is 15.9 Å². The first kappa shape index (κ1) is 29.8. The number of sulfone groups is 1. The molecule has 5 heterocycles. The molecule has 5 rings (SSSR count). The molecule has 12 nitrogen and oxygen atoms in total. The minimum atomic E-state index is -3.90. The van der Waals surface area contributed by atoms with Crippen LogP contribution >= 0.6 is 0 Å². The molecule has 0 aromatic carbocycles. The Morgan fingerprint density at radius 3 is 2.58 bits per heavy atom. The molecule has 43 heavy (non-hydrogen) atoms. The number of piperazine rings is 1. The Bertz CT molecular complexity index is 1940. The molecule has 0 unspecified atom stereocenters. The van der Waals surface area contributed by atoms with Crippen molar-refractivity contribution >= 4 is 38.3 Å². The molecule has 2 N–H and O–H groups in total. The Labute approximate surface area is 247 Å². The van der Waals surface area contributed by atoms with Gasteiger partial charge < -0.3 is 15.5 Å². The molecule has 1 fully saturated rings. The van der Waals surface area contributed by atoms with Crippen LogP contribution in [0, 0.1) is 5.82 Å². The maximum Gasteiger partial charge on any atom is 0.355 e. The van der Waals surface area contributed by atoms with Gasteiger partial charge in [-0.2, -0.15) is 4.98 Å². The largest absolute Gasteiger partial charge is 0.397 e. The highest BCUT2D eigenvalue weighted by Gasteiger charge is 2.31. The van der Waals surface area contributed by atoms with Gasteiger partial charge in [-0.15, -0.1) is 0 Å². The van der Waals surface area contributed by atoms with Gasteiger partial charge in [0.25, 0.3) is 0 Å². The lowest BCUT2D eigenvalue weighted by Crippen LogP contribution is -2.54. The Morgan fingerprint density at radius 2 is 1.95 bits per heavy atom. The third-order valence-corrected chi connectivity index (χ3v) is 8.51. The summed E-state index contributed by atoms with van der Waals surface area (Å²) in [5, 5.41) is 0.164. The molecular formula is C29H31FN8O4S. The zero-order valence-corrected chi connectivity index (χ0v) is 25.0. The molecule has 4 aromatic rings. The van der Waals surface area contributed by atoms with Crippen LogP contribution in [0.5, 0.6) is 0 Å². The van der Waals surface area contributed by atoms with E-state index in [1.165, 1.54) is 30.7 Å². The molecule has 0 radical (unpaired) electrons. The molecule has 1 saturated heterocycles. The van der Waals surface area contributed by atoms with E-state index in [0.717, 1.165) is 10.8 Å². The average molecular weight is 607 g/mol. The van der Waals surface area contributed by atoms with Crippen molar-refractivity contribution in [2.75, 3.05) is 36.5 Å².